The van der Waals surface area contributed by atoms with E-state index in [0.717, 1.165) is 11.3 Å². The number of methoxy groups -OCH3 is 1. The highest BCUT2D eigenvalue weighted by Gasteiger charge is 2.25. The zero-order chi connectivity index (χ0) is 18.8. The summed E-state index contributed by atoms with van der Waals surface area (Å²) in [6.07, 6.45) is 2.53. The van der Waals surface area contributed by atoms with E-state index in [1.165, 1.54) is 7.11 Å². The highest BCUT2D eigenvalue weighted by Crippen LogP contribution is 2.13. The van der Waals surface area contributed by atoms with Crippen molar-refractivity contribution in [1.82, 2.24) is 5.32 Å². The first-order valence-corrected chi connectivity index (χ1v) is 8.33. The molecule has 0 aromatic heterocycles. The molecule has 0 heterocycles. The second kappa shape index (κ2) is 10.5. The van der Waals surface area contributed by atoms with Crippen molar-refractivity contribution < 1.29 is 19.1 Å². The van der Waals surface area contributed by atoms with Gasteiger partial charge in [-0.2, -0.15) is 0 Å². The summed E-state index contributed by atoms with van der Waals surface area (Å²) in [7, 11) is 1.30. The molecule has 0 aliphatic heterocycles. The second-order valence-electron chi connectivity index (χ2n) is 6.27. The largest absolute Gasteiger partial charge is 0.490 e. The number of amides is 1. The van der Waals surface area contributed by atoms with E-state index < -0.39 is 18.1 Å². The number of esters is 1. The summed E-state index contributed by atoms with van der Waals surface area (Å²) in [6, 6.07) is 5.92. The zero-order valence-electron chi connectivity index (χ0n) is 15.2. The van der Waals surface area contributed by atoms with Crippen molar-refractivity contribution >= 4 is 11.9 Å². The van der Waals surface area contributed by atoms with Crippen molar-refractivity contribution in [3.8, 4) is 5.75 Å². The van der Waals surface area contributed by atoms with Crippen LogP contribution in [0, 0.1) is 5.92 Å². The van der Waals surface area contributed by atoms with Crippen LogP contribution < -0.4 is 15.8 Å². The monoisotopic (exact) mass is 348 g/mol. The zero-order valence-corrected chi connectivity index (χ0v) is 15.2. The summed E-state index contributed by atoms with van der Waals surface area (Å²) >= 11 is 0. The van der Waals surface area contributed by atoms with Crippen molar-refractivity contribution in [3.63, 3.8) is 0 Å². The molecular formula is C19H28N2O4. The molecule has 6 nitrogen and oxygen atoms in total. The molecule has 1 amide bonds. The molecule has 0 unspecified atom stereocenters. The lowest BCUT2D eigenvalue weighted by Gasteiger charge is -2.20. The van der Waals surface area contributed by atoms with Gasteiger partial charge in [-0.05, 0) is 36.5 Å². The van der Waals surface area contributed by atoms with Gasteiger partial charge in [0.2, 0.25) is 5.91 Å². The number of benzene rings is 1. The van der Waals surface area contributed by atoms with Gasteiger partial charge in [-0.15, -0.1) is 0 Å². The Kier molecular flexibility index (Phi) is 8.70. The first kappa shape index (κ1) is 20.7. The summed E-state index contributed by atoms with van der Waals surface area (Å²) in [5.74, 6) is 0.133. The number of hydrogen-bond acceptors (Lipinski definition) is 5. The summed E-state index contributed by atoms with van der Waals surface area (Å²) in [6.45, 7) is 7.97. The third kappa shape index (κ3) is 7.39. The van der Waals surface area contributed by atoms with E-state index in [9.17, 15) is 9.59 Å². The molecule has 0 fully saturated rings. The number of ether oxygens (including phenoxy) is 2. The van der Waals surface area contributed by atoms with Gasteiger partial charge in [-0.25, -0.2) is 4.79 Å². The summed E-state index contributed by atoms with van der Waals surface area (Å²) in [5, 5.41) is 2.68. The molecule has 1 aromatic carbocycles. The van der Waals surface area contributed by atoms with Gasteiger partial charge in [0.25, 0.3) is 0 Å². The normalized spacial score (nSPS) is 13.0. The molecule has 0 aliphatic rings. The first-order valence-electron chi connectivity index (χ1n) is 8.33. The molecule has 0 radical (unpaired) electrons. The maximum atomic E-state index is 12.3. The van der Waals surface area contributed by atoms with E-state index >= 15 is 0 Å². The van der Waals surface area contributed by atoms with Crippen LogP contribution in [0.25, 0.3) is 0 Å². The first-order chi connectivity index (χ1) is 11.9. The van der Waals surface area contributed by atoms with E-state index in [1.54, 1.807) is 6.08 Å². The highest BCUT2D eigenvalue weighted by atomic mass is 16.5. The van der Waals surface area contributed by atoms with Crippen LogP contribution in [0.1, 0.15) is 25.8 Å². The fraction of sp³-hybridized carbons (Fsp3) is 0.474. The predicted molar refractivity (Wildman–Crippen MR) is 97.2 cm³/mol. The third-order valence-electron chi connectivity index (χ3n) is 3.59. The average Bonchev–Trinajstić information content (AvgIpc) is 2.59. The fourth-order valence-electron chi connectivity index (χ4n) is 2.33. The van der Waals surface area contributed by atoms with Crippen LogP contribution in [-0.2, 0) is 20.7 Å². The lowest BCUT2D eigenvalue weighted by atomic mass is 10.0. The van der Waals surface area contributed by atoms with Crippen LogP contribution in [0.15, 0.2) is 36.9 Å². The van der Waals surface area contributed by atoms with Crippen molar-refractivity contribution in [2.45, 2.75) is 38.8 Å². The minimum absolute atomic E-state index is 0.240. The number of carbonyl (C=O) groups excluding carboxylic acids is 2. The Bertz CT molecular complexity index is 569. The molecule has 0 spiro atoms. The van der Waals surface area contributed by atoms with Gasteiger partial charge in [0.15, 0.2) is 0 Å². The van der Waals surface area contributed by atoms with E-state index in [2.05, 4.69) is 11.9 Å². The van der Waals surface area contributed by atoms with Crippen LogP contribution in [0.3, 0.4) is 0 Å². The predicted octanol–water partition coefficient (Wildman–Crippen LogP) is 1.83. The van der Waals surface area contributed by atoms with Crippen molar-refractivity contribution in [3.05, 3.63) is 42.5 Å². The Morgan fingerprint density at radius 2 is 1.92 bits per heavy atom. The molecule has 1 rings (SSSR count). The molecule has 0 bridgehead atoms. The fourth-order valence-corrected chi connectivity index (χ4v) is 2.33. The smallest absolute Gasteiger partial charge is 0.328 e. The Balaban J connectivity index is 2.62. The maximum absolute atomic E-state index is 12.3. The van der Waals surface area contributed by atoms with Gasteiger partial charge >= 0.3 is 5.97 Å². The van der Waals surface area contributed by atoms with Gasteiger partial charge in [-0.3, -0.25) is 4.79 Å². The molecule has 1 aromatic rings. The molecule has 3 N–H and O–H groups in total. The molecule has 0 saturated heterocycles. The van der Waals surface area contributed by atoms with Crippen molar-refractivity contribution in [2.75, 3.05) is 13.7 Å². The summed E-state index contributed by atoms with van der Waals surface area (Å²) in [4.78, 5) is 24.1. The number of carbonyl (C=O) groups is 2. The van der Waals surface area contributed by atoms with Crippen molar-refractivity contribution in [2.24, 2.45) is 11.7 Å². The highest BCUT2D eigenvalue weighted by molar-refractivity contribution is 5.87. The topological polar surface area (TPSA) is 90.6 Å². The van der Waals surface area contributed by atoms with Gasteiger partial charge in [-0.1, -0.05) is 38.6 Å². The van der Waals surface area contributed by atoms with Gasteiger partial charge in [0.1, 0.15) is 18.4 Å². The van der Waals surface area contributed by atoms with Crippen LogP contribution in [0.2, 0.25) is 0 Å². The number of rotatable bonds is 10. The third-order valence-corrected chi connectivity index (χ3v) is 3.59. The molecule has 2 atom stereocenters. The standard InChI is InChI=1S/C19H28N2O4/c1-5-10-25-15-8-6-14(7-9-15)12-16(20)18(22)21-17(11-13(2)3)19(23)24-4/h5-9,13,16-17H,1,10-12,20H2,2-4H3,(H,21,22)/t16-,17-/m0/s1. The SMILES string of the molecule is C=CCOc1ccc(C[C@H](N)C(=O)N[C@@H](CC(C)C)C(=O)OC)cc1. The molecule has 0 saturated carbocycles. The average molecular weight is 348 g/mol. The van der Waals surface area contributed by atoms with E-state index in [4.69, 9.17) is 15.2 Å². The maximum Gasteiger partial charge on any atom is 0.328 e. The molecule has 0 aliphatic carbocycles. The van der Waals surface area contributed by atoms with Gasteiger partial charge in [0.05, 0.1) is 13.2 Å². The van der Waals surface area contributed by atoms with E-state index in [-0.39, 0.29) is 11.8 Å². The number of nitrogens with one attached hydrogen (secondary N) is 1. The molecule has 138 valence electrons. The quantitative estimate of drug-likeness (QED) is 0.497. The summed E-state index contributed by atoms with van der Waals surface area (Å²) < 4.78 is 10.2. The van der Waals surface area contributed by atoms with Crippen molar-refractivity contribution in [1.29, 1.82) is 0 Å². The Hall–Kier alpha value is -2.34. The Morgan fingerprint density at radius 3 is 2.44 bits per heavy atom. The van der Waals surface area contributed by atoms with E-state index in [0.29, 0.717) is 19.4 Å². The lowest BCUT2D eigenvalue weighted by molar-refractivity contribution is -0.145. The second-order valence-corrected chi connectivity index (χ2v) is 6.27. The van der Waals surface area contributed by atoms with Crippen LogP contribution >= 0.6 is 0 Å². The Labute approximate surface area is 149 Å². The van der Waals surface area contributed by atoms with Crippen LogP contribution in [0.4, 0.5) is 0 Å². The Morgan fingerprint density at radius 1 is 1.28 bits per heavy atom. The van der Waals surface area contributed by atoms with Crippen LogP contribution in [-0.4, -0.2) is 37.7 Å². The number of nitrogens with two attached hydrogens (primary N) is 1. The lowest BCUT2D eigenvalue weighted by Crippen LogP contribution is -2.49. The molecular weight excluding hydrogens is 320 g/mol. The molecule has 25 heavy (non-hydrogen) atoms. The van der Waals surface area contributed by atoms with E-state index in [1.807, 2.05) is 38.1 Å². The number of hydrogen-bond donors (Lipinski definition) is 2. The summed E-state index contributed by atoms with van der Waals surface area (Å²) in [5.41, 5.74) is 6.89. The molecule has 6 heteroatoms. The van der Waals surface area contributed by atoms with Gasteiger partial charge < -0.3 is 20.5 Å². The minimum Gasteiger partial charge on any atom is -0.490 e. The minimum atomic E-state index is -0.751. The van der Waals surface area contributed by atoms with Crippen LogP contribution in [0.5, 0.6) is 5.75 Å². The van der Waals surface area contributed by atoms with Gasteiger partial charge in [0, 0.05) is 0 Å².